The van der Waals surface area contributed by atoms with Crippen LogP contribution in [0.25, 0.3) is 0 Å². The van der Waals surface area contributed by atoms with Gasteiger partial charge < -0.3 is 10.1 Å². The van der Waals surface area contributed by atoms with E-state index in [0.29, 0.717) is 18.8 Å². The van der Waals surface area contributed by atoms with Gasteiger partial charge in [0.1, 0.15) is 18.1 Å². The molecule has 1 amide bonds. The van der Waals surface area contributed by atoms with Gasteiger partial charge in [0.25, 0.3) is 10.0 Å². The highest BCUT2D eigenvalue weighted by Gasteiger charge is 2.28. The van der Waals surface area contributed by atoms with E-state index in [0.717, 1.165) is 28.6 Å². The fourth-order valence-electron chi connectivity index (χ4n) is 3.55. The van der Waals surface area contributed by atoms with Crippen molar-refractivity contribution >= 4 is 37.3 Å². The molecule has 0 bridgehead atoms. The van der Waals surface area contributed by atoms with Crippen molar-refractivity contribution in [2.24, 2.45) is 0 Å². The highest BCUT2D eigenvalue weighted by atomic mass is 32.2. The molecule has 0 atom stereocenters. The minimum absolute atomic E-state index is 0.0768. The number of carbonyl (C=O) groups is 1. The number of ether oxygens (including phenoxy) is 1. The minimum Gasteiger partial charge on any atom is -0.497 e. The number of rotatable bonds is 11. The summed E-state index contributed by atoms with van der Waals surface area (Å²) in [5.41, 5.74) is 0.485. The van der Waals surface area contributed by atoms with Gasteiger partial charge >= 0.3 is 0 Å². The molecule has 3 aromatic rings. The van der Waals surface area contributed by atoms with E-state index in [1.807, 2.05) is 0 Å². The van der Waals surface area contributed by atoms with Crippen LogP contribution in [0.4, 0.5) is 15.8 Å². The predicted molar refractivity (Wildman–Crippen MR) is 139 cm³/mol. The number of halogens is 1. The molecular weight excluding hydrogens is 521 g/mol. The van der Waals surface area contributed by atoms with Gasteiger partial charge in [0.15, 0.2) is 0 Å². The molecule has 0 unspecified atom stereocenters. The molecule has 0 aliphatic carbocycles. The lowest BCUT2D eigenvalue weighted by Crippen LogP contribution is -2.38. The van der Waals surface area contributed by atoms with Crippen LogP contribution in [-0.2, 0) is 24.8 Å². The molecule has 3 aromatic carbocycles. The quantitative estimate of drug-likeness (QED) is 0.390. The summed E-state index contributed by atoms with van der Waals surface area (Å²) >= 11 is 0. The zero-order chi connectivity index (χ0) is 27.2. The lowest BCUT2D eigenvalue weighted by atomic mass is 10.3. The summed E-state index contributed by atoms with van der Waals surface area (Å²) in [7, 11) is -6.44. The number of hydrogen-bond donors (Lipinski definition) is 1. The molecule has 0 radical (unpaired) electrons. The molecule has 3 rings (SSSR count). The zero-order valence-electron chi connectivity index (χ0n) is 20.6. The van der Waals surface area contributed by atoms with Crippen LogP contribution >= 0.6 is 0 Å². The zero-order valence-corrected chi connectivity index (χ0v) is 22.2. The van der Waals surface area contributed by atoms with E-state index >= 15 is 0 Å². The van der Waals surface area contributed by atoms with Crippen molar-refractivity contribution in [2.75, 3.05) is 36.4 Å². The van der Waals surface area contributed by atoms with Gasteiger partial charge in [-0.3, -0.25) is 9.10 Å². The minimum atomic E-state index is -4.24. The van der Waals surface area contributed by atoms with Crippen molar-refractivity contribution in [3.63, 3.8) is 0 Å². The Morgan fingerprint density at radius 1 is 0.811 bits per heavy atom. The van der Waals surface area contributed by atoms with Crippen LogP contribution in [0.3, 0.4) is 0 Å². The molecule has 0 heterocycles. The number of carbonyl (C=O) groups excluding carboxylic acids is 1. The smallest absolute Gasteiger partial charge is 0.264 e. The maximum atomic E-state index is 13.4. The molecule has 12 heteroatoms. The van der Waals surface area contributed by atoms with Gasteiger partial charge in [-0.1, -0.05) is 13.8 Å². The molecule has 0 saturated heterocycles. The Morgan fingerprint density at radius 3 is 1.84 bits per heavy atom. The van der Waals surface area contributed by atoms with Crippen molar-refractivity contribution < 1.29 is 30.8 Å². The first-order valence-corrected chi connectivity index (χ1v) is 14.2. The van der Waals surface area contributed by atoms with Gasteiger partial charge in [-0.05, 0) is 72.8 Å². The maximum Gasteiger partial charge on any atom is 0.264 e. The Bertz CT molecular complexity index is 1420. The summed E-state index contributed by atoms with van der Waals surface area (Å²) in [6.45, 7) is 3.53. The van der Waals surface area contributed by atoms with Crippen LogP contribution in [0.2, 0.25) is 0 Å². The lowest BCUT2D eigenvalue weighted by Gasteiger charge is -2.24. The fourth-order valence-corrected chi connectivity index (χ4v) is 6.43. The number of amides is 1. The first-order chi connectivity index (χ1) is 17.5. The number of methoxy groups -OCH3 is 1. The average molecular weight is 550 g/mol. The van der Waals surface area contributed by atoms with E-state index < -0.39 is 38.3 Å². The third-order valence-electron chi connectivity index (χ3n) is 5.53. The van der Waals surface area contributed by atoms with Crippen molar-refractivity contribution in [1.29, 1.82) is 0 Å². The summed E-state index contributed by atoms with van der Waals surface area (Å²) < 4.78 is 72.8. The summed E-state index contributed by atoms with van der Waals surface area (Å²) in [5, 5.41) is 2.60. The number of hydrogen-bond acceptors (Lipinski definition) is 6. The Hall–Kier alpha value is -3.48. The topological polar surface area (TPSA) is 113 Å². The second-order valence-electron chi connectivity index (χ2n) is 7.83. The van der Waals surface area contributed by atoms with E-state index in [9.17, 15) is 26.0 Å². The molecular formula is C25H28FN3O6S2. The SMILES string of the molecule is CCN(CC)S(=O)(=O)c1ccc(NC(=O)CN(c2ccc(OC)cc2)S(=O)(=O)c2ccc(F)cc2)cc1. The van der Waals surface area contributed by atoms with Crippen LogP contribution in [-0.4, -0.2) is 53.8 Å². The summed E-state index contributed by atoms with van der Waals surface area (Å²) in [6.07, 6.45) is 0. The Morgan fingerprint density at radius 2 is 1.32 bits per heavy atom. The summed E-state index contributed by atoms with van der Waals surface area (Å²) in [5.74, 6) is -0.771. The molecule has 0 saturated carbocycles. The maximum absolute atomic E-state index is 13.4. The highest BCUT2D eigenvalue weighted by molar-refractivity contribution is 7.92. The third-order valence-corrected chi connectivity index (χ3v) is 9.38. The van der Waals surface area contributed by atoms with Gasteiger partial charge in [-0.25, -0.2) is 21.2 Å². The number of benzene rings is 3. The van der Waals surface area contributed by atoms with Gasteiger partial charge in [0, 0.05) is 18.8 Å². The average Bonchev–Trinajstić information content (AvgIpc) is 2.88. The molecule has 37 heavy (non-hydrogen) atoms. The van der Waals surface area contributed by atoms with Gasteiger partial charge in [-0.2, -0.15) is 4.31 Å². The summed E-state index contributed by atoms with van der Waals surface area (Å²) in [6, 6.07) is 16.0. The highest BCUT2D eigenvalue weighted by Crippen LogP contribution is 2.26. The van der Waals surface area contributed by atoms with Gasteiger partial charge in [-0.15, -0.1) is 0 Å². The lowest BCUT2D eigenvalue weighted by molar-refractivity contribution is -0.114. The standard InChI is InChI=1S/C25H28FN3O6S2/c1-4-28(5-2)36(31,32)23-16-8-20(9-17-23)27-25(30)18-29(21-10-12-22(35-3)13-11-21)37(33,34)24-14-6-19(26)7-15-24/h6-17H,4-5,18H2,1-3H3,(H,27,30). The number of nitrogens with zero attached hydrogens (tertiary/aromatic N) is 2. The van der Waals surface area contributed by atoms with E-state index in [1.54, 1.807) is 26.0 Å². The number of nitrogens with one attached hydrogen (secondary N) is 1. The summed E-state index contributed by atoms with van der Waals surface area (Å²) in [4.78, 5) is 12.8. The van der Waals surface area contributed by atoms with Crippen LogP contribution in [0.1, 0.15) is 13.8 Å². The normalized spacial score (nSPS) is 11.8. The molecule has 0 aliphatic heterocycles. The fraction of sp³-hybridized carbons (Fsp3) is 0.240. The largest absolute Gasteiger partial charge is 0.497 e. The second-order valence-corrected chi connectivity index (χ2v) is 11.6. The number of sulfonamides is 2. The molecule has 0 fully saturated rings. The molecule has 0 spiro atoms. The Kier molecular flexibility index (Phi) is 8.89. The molecule has 9 nitrogen and oxygen atoms in total. The first-order valence-electron chi connectivity index (χ1n) is 11.3. The monoisotopic (exact) mass is 549 g/mol. The van der Waals surface area contributed by atoms with Gasteiger partial charge in [0.05, 0.1) is 22.6 Å². The Balaban J connectivity index is 1.86. The van der Waals surface area contributed by atoms with Crippen LogP contribution in [0, 0.1) is 5.82 Å². The van der Waals surface area contributed by atoms with Crippen molar-refractivity contribution in [3.05, 3.63) is 78.6 Å². The van der Waals surface area contributed by atoms with E-state index in [1.165, 1.54) is 47.8 Å². The van der Waals surface area contributed by atoms with Crippen LogP contribution in [0.5, 0.6) is 5.75 Å². The van der Waals surface area contributed by atoms with Crippen molar-refractivity contribution in [2.45, 2.75) is 23.6 Å². The van der Waals surface area contributed by atoms with Crippen molar-refractivity contribution in [1.82, 2.24) is 4.31 Å². The number of anilines is 2. The van der Waals surface area contributed by atoms with Gasteiger partial charge in [0.2, 0.25) is 15.9 Å². The molecule has 198 valence electrons. The third kappa shape index (κ3) is 6.45. The molecule has 1 N–H and O–H groups in total. The van der Waals surface area contributed by atoms with Crippen molar-refractivity contribution in [3.8, 4) is 5.75 Å². The second kappa shape index (κ2) is 11.7. The predicted octanol–water partition coefficient (Wildman–Crippen LogP) is 3.70. The van der Waals surface area contributed by atoms with E-state index in [4.69, 9.17) is 4.74 Å². The van der Waals surface area contributed by atoms with Crippen LogP contribution < -0.4 is 14.4 Å². The van der Waals surface area contributed by atoms with Crippen LogP contribution in [0.15, 0.2) is 82.6 Å². The molecule has 0 aromatic heterocycles. The molecule has 0 aliphatic rings. The Labute approximate surface area is 216 Å². The first kappa shape index (κ1) is 28.1. The van der Waals surface area contributed by atoms with E-state index in [2.05, 4.69) is 5.32 Å². The van der Waals surface area contributed by atoms with E-state index in [-0.39, 0.29) is 21.2 Å².